The minimum absolute atomic E-state index is 0.506. The zero-order valence-corrected chi connectivity index (χ0v) is 16.3. The quantitative estimate of drug-likeness (QED) is 0.616. The lowest BCUT2D eigenvalue weighted by Gasteiger charge is -2.38. The number of benzene rings is 2. The molecule has 0 radical (unpaired) electrons. The smallest absolute Gasteiger partial charge is 0.0401 e. The molecule has 2 aliphatic heterocycles. The second-order valence-corrected chi connectivity index (χ2v) is 8.78. The molecule has 2 heterocycles. The van der Waals surface area contributed by atoms with E-state index < -0.39 is 0 Å². The van der Waals surface area contributed by atoms with E-state index in [1.54, 1.807) is 0 Å². The molecule has 120 valence electrons. The van der Waals surface area contributed by atoms with Crippen LogP contribution in [-0.4, -0.2) is 43.0 Å². The predicted octanol–water partition coefficient (Wildman–Crippen LogP) is 4.29. The Morgan fingerprint density at radius 2 is 1.78 bits per heavy atom. The second kappa shape index (κ2) is 6.75. The van der Waals surface area contributed by atoms with Gasteiger partial charge in [0, 0.05) is 45.6 Å². The first-order chi connectivity index (χ1) is 11.2. The molecule has 0 spiro atoms. The van der Waals surface area contributed by atoms with Crippen molar-refractivity contribution in [3.05, 3.63) is 57.2 Å². The first kappa shape index (κ1) is 15.9. The minimum Gasteiger partial charge on any atom is -0.304 e. The highest BCUT2D eigenvalue weighted by Gasteiger charge is 2.29. The van der Waals surface area contributed by atoms with Gasteiger partial charge in [-0.15, -0.1) is 0 Å². The third-order valence-corrected chi connectivity index (χ3v) is 6.79. The monoisotopic (exact) mass is 436 g/mol. The molecule has 2 aromatic rings. The van der Waals surface area contributed by atoms with E-state index in [0.29, 0.717) is 6.04 Å². The van der Waals surface area contributed by atoms with Crippen molar-refractivity contribution >= 4 is 34.4 Å². The molecule has 4 rings (SSSR count). The SMILES string of the molecule is CN1CCN(C2Cc3cc(I)ccc3Sc3ccccc32)CC1. The van der Waals surface area contributed by atoms with Crippen LogP contribution in [0.4, 0.5) is 0 Å². The molecular weight excluding hydrogens is 415 g/mol. The summed E-state index contributed by atoms with van der Waals surface area (Å²) in [6, 6.07) is 16.4. The lowest BCUT2D eigenvalue weighted by molar-refractivity contribution is 0.110. The molecule has 4 heteroatoms. The summed E-state index contributed by atoms with van der Waals surface area (Å²) in [4.78, 5) is 7.98. The second-order valence-electron chi connectivity index (χ2n) is 6.45. The summed E-state index contributed by atoms with van der Waals surface area (Å²) in [5.41, 5.74) is 3.01. The predicted molar refractivity (Wildman–Crippen MR) is 105 cm³/mol. The van der Waals surface area contributed by atoms with Gasteiger partial charge in [-0.2, -0.15) is 0 Å². The highest BCUT2D eigenvalue weighted by Crippen LogP contribution is 2.43. The van der Waals surface area contributed by atoms with Gasteiger partial charge in [-0.05, 0) is 71.5 Å². The molecule has 1 fully saturated rings. The molecule has 1 atom stereocenters. The fourth-order valence-corrected chi connectivity index (χ4v) is 5.22. The standard InChI is InChI=1S/C19H21IN2S/c1-21-8-10-22(11-9-21)17-13-14-12-15(20)6-7-18(14)23-19-5-3-2-4-16(17)19/h2-7,12,17H,8-11,13H2,1H3. The Hall–Kier alpha value is -0.560. The van der Waals surface area contributed by atoms with Crippen LogP contribution in [0.1, 0.15) is 17.2 Å². The third-order valence-electron chi connectivity index (χ3n) is 4.91. The summed E-state index contributed by atoms with van der Waals surface area (Å²) in [5.74, 6) is 0. The maximum Gasteiger partial charge on any atom is 0.0401 e. The Bertz CT molecular complexity index is 710. The highest BCUT2D eigenvalue weighted by molar-refractivity contribution is 14.1. The van der Waals surface area contributed by atoms with E-state index in [4.69, 9.17) is 0 Å². The Kier molecular flexibility index (Phi) is 4.67. The first-order valence-electron chi connectivity index (χ1n) is 8.18. The van der Waals surface area contributed by atoms with Crippen molar-refractivity contribution in [2.24, 2.45) is 0 Å². The van der Waals surface area contributed by atoms with Crippen LogP contribution in [0.15, 0.2) is 52.3 Å². The van der Waals surface area contributed by atoms with Crippen molar-refractivity contribution in [3.63, 3.8) is 0 Å². The number of fused-ring (bicyclic) bond motifs is 2. The highest BCUT2D eigenvalue weighted by atomic mass is 127. The molecule has 0 amide bonds. The van der Waals surface area contributed by atoms with Crippen LogP contribution in [0.25, 0.3) is 0 Å². The van der Waals surface area contributed by atoms with Gasteiger partial charge in [-0.25, -0.2) is 0 Å². The van der Waals surface area contributed by atoms with Gasteiger partial charge in [0.25, 0.3) is 0 Å². The van der Waals surface area contributed by atoms with Gasteiger partial charge in [-0.3, -0.25) is 4.90 Å². The summed E-state index contributed by atoms with van der Waals surface area (Å²) < 4.78 is 1.34. The van der Waals surface area contributed by atoms with Crippen molar-refractivity contribution in [1.82, 2.24) is 9.80 Å². The fraction of sp³-hybridized carbons (Fsp3) is 0.368. The van der Waals surface area contributed by atoms with Crippen molar-refractivity contribution < 1.29 is 0 Å². The molecular formula is C19H21IN2S. The number of piperazine rings is 1. The van der Waals surface area contributed by atoms with Gasteiger partial charge in [0.2, 0.25) is 0 Å². The third kappa shape index (κ3) is 3.31. The van der Waals surface area contributed by atoms with Gasteiger partial charge in [0.1, 0.15) is 0 Å². The normalized spacial score (nSPS) is 22.3. The molecule has 0 aliphatic carbocycles. The molecule has 2 aliphatic rings. The Balaban J connectivity index is 1.74. The van der Waals surface area contributed by atoms with Crippen molar-refractivity contribution in [1.29, 1.82) is 0 Å². The molecule has 0 saturated carbocycles. The van der Waals surface area contributed by atoms with E-state index in [1.807, 2.05) is 11.8 Å². The van der Waals surface area contributed by atoms with E-state index in [1.165, 1.54) is 50.7 Å². The minimum atomic E-state index is 0.506. The molecule has 0 N–H and O–H groups in total. The number of nitrogens with zero attached hydrogens (tertiary/aromatic N) is 2. The molecule has 0 bridgehead atoms. The summed E-state index contributed by atoms with van der Waals surface area (Å²) in [5, 5.41) is 0. The van der Waals surface area contributed by atoms with Crippen molar-refractivity contribution in [3.8, 4) is 0 Å². The number of hydrogen-bond donors (Lipinski definition) is 0. The lowest BCUT2D eigenvalue weighted by Crippen LogP contribution is -2.46. The number of likely N-dealkylation sites (N-methyl/N-ethyl adjacent to an activating group) is 1. The van der Waals surface area contributed by atoms with E-state index in [9.17, 15) is 0 Å². The van der Waals surface area contributed by atoms with E-state index in [0.717, 1.165) is 6.42 Å². The number of halogens is 1. The van der Waals surface area contributed by atoms with Gasteiger partial charge in [0.05, 0.1) is 0 Å². The number of hydrogen-bond acceptors (Lipinski definition) is 3. The van der Waals surface area contributed by atoms with Crippen LogP contribution in [0.3, 0.4) is 0 Å². The number of rotatable bonds is 1. The van der Waals surface area contributed by atoms with Gasteiger partial charge < -0.3 is 4.90 Å². The van der Waals surface area contributed by atoms with E-state index >= 15 is 0 Å². The molecule has 2 aromatic carbocycles. The maximum atomic E-state index is 2.69. The summed E-state index contributed by atoms with van der Waals surface area (Å²) in [6.45, 7) is 4.68. The van der Waals surface area contributed by atoms with E-state index in [2.05, 4.69) is 81.9 Å². The Labute approximate surface area is 156 Å². The summed E-state index contributed by atoms with van der Waals surface area (Å²) in [7, 11) is 2.23. The van der Waals surface area contributed by atoms with Crippen LogP contribution in [0.2, 0.25) is 0 Å². The maximum absolute atomic E-state index is 2.69. The Morgan fingerprint density at radius 3 is 2.61 bits per heavy atom. The van der Waals surface area contributed by atoms with Gasteiger partial charge in [0.15, 0.2) is 0 Å². The zero-order chi connectivity index (χ0) is 15.8. The lowest BCUT2D eigenvalue weighted by atomic mass is 9.97. The zero-order valence-electron chi connectivity index (χ0n) is 13.3. The molecule has 2 nitrogen and oxygen atoms in total. The van der Waals surface area contributed by atoms with Gasteiger partial charge >= 0.3 is 0 Å². The van der Waals surface area contributed by atoms with Crippen molar-refractivity contribution in [2.45, 2.75) is 22.3 Å². The van der Waals surface area contributed by atoms with Crippen LogP contribution in [0.5, 0.6) is 0 Å². The van der Waals surface area contributed by atoms with Crippen LogP contribution >= 0.6 is 34.4 Å². The topological polar surface area (TPSA) is 6.48 Å². The molecule has 23 heavy (non-hydrogen) atoms. The van der Waals surface area contributed by atoms with Gasteiger partial charge in [-0.1, -0.05) is 30.0 Å². The average Bonchev–Trinajstić information content (AvgIpc) is 2.72. The molecule has 0 aromatic heterocycles. The van der Waals surface area contributed by atoms with Crippen LogP contribution < -0.4 is 0 Å². The average molecular weight is 436 g/mol. The van der Waals surface area contributed by atoms with E-state index in [-0.39, 0.29) is 0 Å². The molecule has 1 saturated heterocycles. The van der Waals surface area contributed by atoms with Crippen LogP contribution in [-0.2, 0) is 6.42 Å². The largest absolute Gasteiger partial charge is 0.304 e. The fourth-order valence-electron chi connectivity index (χ4n) is 3.55. The molecule has 1 unspecified atom stereocenters. The van der Waals surface area contributed by atoms with Crippen LogP contribution in [0, 0.1) is 3.57 Å². The summed E-state index contributed by atoms with van der Waals surface area (Å²) >= 11 is 4.37. The first-order valence-corrected chi connectivity index (χ1v) is 10.1. The van der Waals surface area contributed by atoms with Crippen molar-refractivity contribution in [2.75, 3.05) is 33.2 Å². The Morgan fingerprint density at radius 1 is 1.00 bits per heavy atom. The summed E-state index contributed by atoms with van der Waals surface area (Å²) in [6.07, 6.45) is 1.12.